The number of unbranched alkanes of at least 4 members (excludes halogenated alkanes) is 19. The molecule has 0 fully saturated rings. The van der Waals surface area contributed by atoms with E-state index in [1.807, 2.05) is 13.8 Å². The monoisotopic (exact) mass is 768 g/mol. The van der Waals surface area contributed by atoms with Gasteiger partial charge in [0.1, 0.15) is 0 Å². The second kappa shape index (κ2) is 46.2. The fourth-order valence-electron chi connectivity index (χ4n) is 7.33. The highest BCUT2D eigenvalue weighted by atomic mass is 16.5. The summed E-state index contributed by atoms with van der Waals surface area (Å²) in [6.07, 6.45) is 37.0. The highest BCUT2D eigenvalue weighted by Crippen LogP contribution is 2.21. The van der Waals surface area contributed by atoms with Crippen LogP contribution in [0.2, 0.25) is 0 Å². The van der Waals surface area contributed by atoms with Crippen molar-refractivity contribution in [3.63, 3.8) is 0 Å². The minimum atomic E-state index is -0.0397. The number of hydrogen-bond acceptors (Lipinski definition) is 6. The molecule has 0 saturated heterocycles. The summed E-state index contributed by atoms with van der Waals surface area (Å²) in [6.45, 7) is 17.3. The second-order valence-corrected chi connectivity index (χ2v) is 16.1. The first-order valence-corrected chi connectivity index (χ1v) is 24.1. The van der Waals surface area contributed by atoms with E-state index in [1.165, 1.54) is 154 Å². The van der Waals surface area contributed by atoms with E-state index in [0.717, 1.165) is 58.2 Å². The summed E-state index contributed by atoms with van der Waals surface area (Å²) in [6, 6.07) is 0. The molecule has 0 aliphatic heterocycles. The lowest BCUT2D eigenvalue weighted by atomic mass is 9.95. The number of aliphatic hydroxyl groups is 1. The van der Waals surface area contributed by atoms with Crippen molar-refractivity contribution in [1.29, 1.82) is 0 Å². The molecule has 6 nitrogen and oxygen atoms in total. The summed E-state index contributed by atoms with van der Waals surface area (Å²) in [5.41, 5.74) is 0. The lowest BCUT2D eigenvalue weighted by molar-refractivity contribution is -0.146. The molecule has 0 spiro atoms. The number of rotatable bonds is 42. The van der Waals surface area contributed by atoms with Gasteiger partial charge < -0.3 is 19.5 Å². The number of carbonyl (C=O) groups is 2. The van der Waals surface area contributed by atoms with E-state index in [-0.39, 0.29) is 18.5 Å². The maximum Gasteiger partial charge on any atom is 0.305 e. The van der Waals surface area contributed by atoms with Crippen LogP contribution in [0.15, 0.2) is 0 Å². The lowest BCUT2D eigenvalue weighted by Gasteiger charge is -2.22. The third kappa shape index (κ3) is 40.5. The van der Waals surface area contributed by atoms with Crippen molar-refractivity contribution in [2.24, 2.45) is 11.8 Å². The van der Waals surface area contributed by atoms with Gasteiger partial charge in [-0.1, -0.05) is 170 Å². The summed E-state index contributed by atoms with van der Waals surface area (Å²) in [4.78, 5) is 27.8. The van der Waals surface area contributed by atoms with Crippen molar-refractivity contribution >= 4 is 11.9 Å². The van der Waals surface area contributed by atoms with E-state index in [1.54, 1.807) is 0 Å². The molecule has 1 atom stereocenters. The quantitative estimate of drug-likeness (QED) is 0.0492. The van der Waals surface area contributed by atoms with Gasteiger partial charge in [0.05, 0.1) is 13.2 Å². The van der Waals surface area contributed by atoms with E-state index in [9.17, 15) is 14.7 Å². The van der Waals surface area contributed by atoms with E-state index < -0.39 is 0 Å². The van der Waals surface area contributed by atoms with Crippen molar-refractivity contribution in [3.05, 3.63) is 0 Å². The van der Waals surface area contributed by atoms with Crippen LogP contribution in [0.5, 0.6) is 0 Å². The smallest absolute Gasteiger partial charge is 0.305 e. The molecule has 0 aromatic carbocycles. The molecule has 0 rings (SSSR count). The summed E-state index contributed by atoms with van der Waals surface area (Å²) >= 11 is 0. The van der Waals surface area contributed by atoms with E-state index in [2.05, 4.69) is 32.6 Å². The van der Waals surface area contributed by atoms with Gasteiger partial charge in [0.2, 0.25) is 0 Å². The van der Waals surface area contributed by atoms with Gasteiger partial charge in [-0.25, -0.2) is 0 Å². The van der Waals surface area contributed by atoms with Gasteiger partial charge in [0.15, 0.2) is 0 Å². The first-order chi connectivity index (χ1) is 26.5. The maximum absolute atomic E-state index is 12.7. The molecule has 1 N–H and O–H groups in total. The molecule has 0 radical (unpaired) electrons. The second-order valence-electron chi connectivity index (χ2n) is 16.1. The van der Waals surface area contributed by atoms with E-state index >= 15 is 0 Å². The van der Waals surface area contributed by atoms with Gasteiger partial charge in [-0.15, -0.1) is 0 Å². The fraction of sp³-hybridized carbons (Fsp3) is 0.958. The molecule has 0 amide bonds. The Balaban J connectivity index is 0. The highest BCUT2D eigenvalue weighted by molar-refractivity contribution is 5.69. The van der Waals surface area contributed by atoms with Crippen LogP contribution in [0.25, 0.3) is 0 Å². The Bertz CT molecular complexity index is 733. The average molecular weight is 768 g/mol. The molecule has 0 heterocycles. The zero-order valence-electron chi connectivity index (χ0n) is 37.6. The molecule has 6 heteroatoms. The Morgan fingerprint density at radius 2 is 0.722 bits per heavy atom. The normalized spacial score (nSPS) is 11.9. The standard InChI is InChI=1S/C46H91NO5.C2H6/c1-5-9-13-17-20-24-34-43(31-21-16-12-8-4)41-51-45(49)35-25-27-37-47(39-29-30-40-48)38-28-26-36-46(50)52-42-44(32-22-18-14-10-6-2)33-23-19-15-11-7-3;1-2/h43-44,48H,5-42H2,1-4H3;1-2H3. The Labute approximate surface area is 338 Å². The largest absolute Gasteiger partial charge is 0.465 e. The van der Waals surface area contributed by atoms with Crippen molar-refractivity contribution in [1.82, 2.24) is 4.90 Å². The van der Waals surface area contributed by atoms with Crippen LogP contribution in [0.1, 0.15) is 247 Å². The summed E-state index contributed by atoms with van der Waals surface area (Å²) in [5.74, 6) is 0.937. The molecular formula is C48H97NO5. The Morgan fingerprint density at radius 1 is 0.426 bits per heavy atom. The van der Waals surface area contributed by atoms with Gasteiger partial charge in [0.25, 0.3) is 0 Å². The van der Waals surface area contributed by atoms with Gasteiger partial charge >= 0.3 is 11.9 Å². The third-order valence-electron chi connectivity index (χ3n) is 10.9. The fourth-order valence-corrected chi connectivity index (χ4v) is 7.33. The van der Waals surface area contributed by atoms with Crippen LogP contribution in [0.3, 0.4) is 0 Å². The van der Waals surface area contributed by atoms with Gasteiger partial charge in [0, 0.05) is 19.4 Å². The van der Waals surface area contributed by atoms with Crippen molar-refractivity contribution in [3.8, 4) is 0 Å². The number of ether oxygens (including phenoxy) is 2. The summed E-state index contributed by atoms with van der Waals surface area (Å²) in [7, 11) is 0. The van der Waals surface area contributed by atoms with Gasteiger partial charge in [-0.3, -0.25) is 9.59 Å². The summed E-state index contributed by atoms with van der Waals surface area (Å²) < 4.78 is 11.6. The maximum atomic E-state index is 12.7. The van der Waals surface area contributed by atoms with Crippen LogP contribution in [-0.4, -0.2) is 61.4 Å². The SMILES string of the molecule is CC.CCCCCCCCC(CCCCCC)COC(=O)CCCCN(CCCCO)CCCCC(=O)OCC(CCCCCCC)CCCCCCC. The van der Waals surface area contributed by atoms with E-state index in [4.69, 9.17) is 9.47 Å². The summed E-state index contributed by atoms with van der Waals surface area (Å²) in [5, 5.41) is 9.31. The number of aliphatic hydroxyl groups excluding tert-OH is 1. The first-order valence-electron chi connectivity index (χ1n) is 24.1. The first kappa shape index (κ1) is 55.0. The number of nitrogens with zero attached hydrogens (tertiary/aromatic N) is 1. The van der Waals surface area contributed by atoms with Crippen LogP contribution >= 0.6 is 0 Å². The van der Waals surface area contributed by atoms with Gasteiger partial charge in [-0.05, 0) is 95.7 Å². The topological polar surface area (TPSA) is 76.1 Å². The zero-order valence-corrected chi connectivity index (χ0v) is 37.6. The number of esters is 2. The third-order valence-corrected chi connectivity index (χ3v) is 10.9. The average Bonchev–Trinajstić information content (AvgIpc) is 3.18. The Kier molecular flexibility index (Phi) is 47.1. The molecule has 0 aromatic heterocycles. The minimum absolute atomic E-state index is 0.0394. The molecule has 324 valence electrons. The Morgan fingerprint density at radius 3 is 1.06 bits per heavy atom. The van der Waals surface area contributed by atoms with Crippen LogP contribution in [0, 0.1) is 11.8 Å². The molecule has 0 aromatic rings. The molecule has 0 aliphatic rings. The lowest BCUT2D eigenvalue weighted by Crippen LogP contribution is -2.28. The molecule has 0 saturated carbocycles. The van der Waals surface area contributed by atoms with Crippen molar-refractivity contribution in [2.45, 2.75) is 247 Å². The van der Waals surface area contributed by atoms with Crippen molar-refractivity contribution < 1.29 is 24.2 Å². The minimum Gasteiger partial charge on any atom is -0.465 e. The van der Waals surface area contributed by atoms with E-state index in [0.29, 0.717) is 37.9 Å². The number of hydrogen-bond donors (Lipinski definition) is 1. The van der Waals surface area contributed by atoms with Crippen LogP contribution in [0.4, 0.5) is 0 Å². The highest BCUT2D eigenvalue weighted by Gasteiger charge is 2.15. The van der Waals surface area contributed by atoms with Crippen molar-refractivity contribution in [2.75, 3.05) is 39.5 Å². The molecular weight excluding hydrogens is 671 g/mol. The van der Waals surface area contributed by atoms with Crippen LogP contribution in [-0.2, 0) is 19.1 Å². The predicted molar refractivity (Wildman–Crippen MR) is 234 cm³/mol. The Hall–Kier alpha value is -1.14. The molecule has 0 aliphatic carbocycles. The number of carbonyl (C=O) groups excluding carboxylic acids is 2. The zero-order chi connectivity index (χ0) is 40.2. The predicted octanol–water partition coefficient (Wildman–Crippen LogP) is 14.2. The molecule has 54 heavy (non-hydrogen) atoms. The molecule has 1 unspecified atom stereocenters. The van der Waals surface area contributed by atoms with Crippen LogP contribution < -0.4 is 0 Å². The van der Waals surface area contributed by atoms with Gasteiger partial charge in [-0.2, -0.15) is 0 Å². The molecule has 0 bridgehead atoms.